The summed E-state index contributed by atoms with van der Waals surface area (Å²) in [6, 6.07) is 17.2. The lowest BCUT2D eigenvalue weighted by Gasteiger charge is -2.18. The summed E-state index contributed by atoms with van der Waals surface area (Å²) >= 11 is 1.35. The molecule has 0 aliphatic carbocycles. The van der Waals surface area contributed by atoms with Crippen molar-refractivity contribution in [2.45, 2.75) is 0 Å². The molecule has 4 nitrogen and oxygen atoms in total. The highest BCUT2D eigenvalue weighted by molar-refractivity contribution is 8.18. The number of nitrogens with zero attached hydrogens (tertiary/aromatic N) is 2. The summed E-state index contributed by atoms with van der Waals surface area (Å²) < 4.78 is 5.17. The second-order valence-electron chi connectivity index (χ2n) is 5.34. The summed E-state index contributed by atoms with van der Waals surface area (Å²) in [5.74, 6) is 0.642. The fraction of sp³-hybridized carbons (Fsp3) is 0.100. The molecule has 1 saturated heterocycles. The molecule has 0 N–H and O–H groups in total. The molecule has 1 aliphatic rings. The maximum atomic E-state index is 12.9. The van der Waals surface area contributed by atoms with Crippen LogP contribution >= 0.6 is 11.8 Å². The van der Waals surface area contributed by atoms with E-state index in [1.165, 1.54) is 11.8 Å². The van der Waals surface area contributed by atoms with Crippen LogP contribution in [0.2, 0.25) is 0 Å². The van der Waals surface area contributed by atoms with Gasteiger partial charge in [-0.05, 0) is 53.2 Å². The summed E-state index contributed by atoms with van der Waals surface area (Å²) in [4.78, 5) is 19.3. The van der Waals surface area contributed by atoms with E-state index in [1.54, 1.807) is 19.1 Å². The fourth-order valence-electron chi connectivity index (χ4n) is 2.47. The van der Waals surface area contributed by atoms with Gasteiger partial charge in [-0.15, -0.1) is 0 Å². The van der Waals surface area contributed by atoms with E-state index in [2.05, 4.69) is 11.6 Å². The zero-order chi connectivity index (χ0) is 17.8. The van der Waals surface area contributed by atoms with Gasteiger partial charge in [0.1, 0.15) is 5.75 Å². The van der Waals surface area contributed by atoms with E-state index in [0.29, 0.717) is 15.8 Å². The third-order valence-corrected chi connectivity index (χ3v) is 4.85. The Bertz CT molecular complexity index is 855. The second kappa shape index (κ2) is 7.40. The second-order valence-corrected chi connectivity index (χ2v) is 6.35. The molecule has 5 heteroatoms. The summed E-state index contributed by atoms with van der Waals surface area (Å²) in [5, 5.41) is 0.619. The first kappa shape index (κ1) is 17.0. The lowest BCUT2D eigenvalue weighted by Crippen LogP contribution is -2.27. The van der Waals surface area contributed by atoms with Crippen LogP contribution in [0.4, 0.5) is 0 Å². The number of carbonyl (C=O) groups excluding carboxylic acids is 1. The maximum absolute atomic E-state index is 12.9. The Kier molecular flexibility index (Phi) is 5.05. The first-order valence-corrected chi connectivity index (χ1v) is 8.55. The molecule has 1 amide bonds. The lowest BCUT2D eigenvalue weighted by molar-refractivity contribution is -0.120. The number of carbonyl (C=O) groups is 1. The van der Waals surface area contributed by atoms with Gasteiger partial charge in [0, 0.05) is 7.05 Å². The number of amidine groups is 1. The van der Waals surface area contributed by atoms with Crippen molar-refractivity contribution in [2.75, 3.05) is 14.2 Å². The van der Waals surface area contributed by atoms with Gasteiger partial charge in [-0.2, -0.15) is 0 Å². The number of aliphatic imine (C=N–C) groups is 1. The molecule has 0 atom stereocenters. The molecule has 0 bridgehead atoms. The van der Waals surface area contributed by atoms with Crippen LogP contribution in [0.5, 0.6) is 5.75 Å². The van der Waals surface area contributed by atoms with Crippen molar-refractivity contribution in [3.8, 4) is 5.75 Å². The highest BCUT2D eigenvalue weighted by atomic mass is 32.2. The van der Waals surface area contributed by atoms with E-state index in [0.717, 1.165) is 16.9 Å². The normalized spacial score (nSPS) is 17.4. The van der Waals surface area contributed by atoms with Gasteiger partial charge in [-0.1, -0.05) is 36.9 Å². The molecule has 2 aromatic carbocycles. The Morgan fingerprint density at radius 2 is 1.84 bits per heavy atom. The van der Waals surface area contributed by atoms with Crippen molar-refractivity contribution in [1.29, 1.82) is 0 Å². The van der Waals surface area contributed by atoms with Crippen molar-refractivity contribution in [3.05, 3.63) is 77.2 Å². The molecule has 0 aromatic heterocycles. The van der Waals surface area contributed by atoms with Crippen LogP contribution in [0.1, 0.15) is 11.1 Å². The largest absolute Gasteiger partial charge is 0.497 e. The average molecular weight is 350 g/mol. The molecule has 126 valence electrons. The Balaban J connectivity index is 1.91. The number of amides is 1. The number of hydrogen-bond donors (Lipinski definition) is 0. The van der Waals surface area contributed by atoms with Crippen LogP contribution in [0.25, 0.3) is 11.8 Å². The zero-order valence-corrected chi connectivity index (χ0v) is 14.9. The fourth-order valence-corrected chi connectivity index (χ4v) is 3.42. The Hall–Kier alpha value is -2.79. The van der Waals surface area contributed by atoms with Gasteiger partial charge >= 0.3 is 0 Å². The van der Waals surface area contributed by atoms with Gasteiger partial charge < -0.3 is 4.74 Å². The lowest BCUT2D eigenvalue weighted by atomic mass is 10.1. The molecule has 1 aliphatic heterocycles. The molecular formula is C20H18N2O2S. The highest BCUT2D eigenvalue weighted by Crippen LogP contribution is 2.37. The molecule has 3 rings (SSSR count). The number of rotatable bonds is 4. The summed E-state index contributed by atoms with van der Waals surface area (Å²) in [5.41, 5.74) is 2.42. The molecule has 25 heavy (non-hydrogen) atoms. The van der Waals surface area contributed by atoms with Gasteiger partial charge in [0.15, 0.2) is 5.17 Å². The molecule has 0 radical (unpaired) electrons. The zero-order valence-electron chi connectivity index (χ0n) is 14.1. The predicted octanol–water partition coefficient (Wildman–Crippen LogP) is 4.27. The van der Waals surface area contributed by atoms with E-state index in [1.807, 2.05) is 60.7 Å². The van der Waals surface area contributed by atoms with Crippen LogP contribution in [0.3, 0.4) is 0 Å². The van der Waals surface area contributed by atoms with Crippen LogP contribution < -0.4 is 4.74 Å². The van der Waals surface area contributed by atoms with Gasteiger partial charge in [0.25, 0.3) is 5.91 Å². The van der Waals surface area contributed by atoms with E-state index < -0.39 is 0 Å². The van der Waals surface area contributed by atoms with Gasteiger partial charge in [-0.3, -0.25) is 14.7 Å². The predicted molar refractivity (Wildman–Crippen MR) is 104 cm³/mol. The quantitative estimate of drug-likeness (QED) is 0.774. The Morgan fingerprint density at radius 3 is 2.44 bits per heavy atom. The van der Waals surface area contributed by atoms with Crippen LogP contribution in [0, 0.1) is 0 Å². The summed E-state index contributed by atoms with van der Waals surface area (Å²) in [6.45, 7) is 4.10. The SMILES string of the molecule is C=C(c1ccc(OC)cc1)N1C(=O)/C(=C/c2ccccc2)S/C1=N/C. The molecular weight excluding hydrogens is 332 g/mol. The van der Waals surface area contributed by atoms with Crippen molar-refractivity contribution in [3.63, 3.8) is 0 Å². The molecule has 0 unspecified atom stereocenters. The first-order valence-electron chi connectivity index (χ1n) is 7.73. The molecule has 0 saturated carbocycles. The standard InChI is InChI=1S/C20H18N2O2S/c1-14(16-9-11-17(24-3)12-10-16)22-19(23)18(25-20(22)21-2)13-15-7-5-4-6-8-15/h4-13H,1H2,2-3H3/b18-13-,21-20+. The average Bonchev–Trinajstić information content (AvgIpc) is 2.97. The van der Waals surface area contributed by atoms with Crippen LogP contribution in [0.15, 0.2) is 71.1 Å². The minimum atomic E-state index is -0.115. The molecule has 1 fully saturated rings. The van der Waals surface area contributed by atoms with Crippen molar-refractivity contribution in [2.24, 2.45) is 4.99 Å². The minimum Gasteiger partial charge on any atom is -0.497 e. The topological polar surface area (TPSA) is 41.9 Å². The van der Waals surface area contributed by atoms with Crippen molar-refractivity contribution >= 4 is 34.6 Å². The number of methoxy groups -OCH3 is 1. The minimum absolute atomic E-state index is 0.115. The van der Waals surface area contributed by atoms with Crippen LogP contribution in [-0.2, 0) is 4.79 Å². The summed E-state index contributed by atoms with van der Waals surface area (Å²) in [6.07, 6.45) is 1.87. The number of hydrogen-bond acceptors (Lipinski definition) is 4. The number of benzene rings is 2. The maximum Gasteiger partial charge on any atom is 0.271 e. The van der Waals surface area contributed by atoms with Crippen molar-refractivity contribution in [1.82, 2.24) is 4.90 Å². The first-order chi connectivity index (χ1) is 12.1. The number of thioether (sulfide) groups is 1. The van der Waals surface area contributed by atoms with Crippen molar-refractivity contribution < 1.29 is 9.53 Å². The smallest absolute Gasteiger partial charge is 0.271 e. The number of ether oxygens (including phenoxy) is 1. The highest BCUT2D eigenvalue weighted by Gasteiger charge is 2.35. The third kappa shape index (κ3) is 3.51. The van der Waals surface area contributed by atoms with E-state index in [-0.39, 0.29) is 5.91 Å². The molecule has 2 aromatic rings. The third-order valence-electron chi connectivity index (χ3n) is 3.79. The molecule has 0 spiro atoms. The van der Waals surface area contributed by atoms with Gasteiger partial charge in [0.05, 0.1) is 17.7 Å². The molecule has 1 heterocycles. The van der Waals surface area contributed by atoms with Gasteiger partial charge in [0.2, 0.25) is 0 Å². The monoisotopic (exact) mass is 350 g/mol. The van der Waals surface area contributed by atoms with E-state index in [4.69, 9.17) is 4.74 Å². The van der Waals surface area contributed by atoms with Gasteiger partial charge in [-0.25, -0.2) is 0 Å². The van der Waals surface area contributed by atoms with E-state index in [9.17, 15) is 4.79 Å². The van der Waals surface area contributed by atoms with Crippen LogP contribution in [-0.4, -0.2) is 30.1 Å². The Morgan fingerprint density at radius 1 is 1.16 bits per heavy atom. The Labute approximate surface area is 151 Å². The summed E-state index contributed by atoms with van der Waals surface area (Å²) in [7, 11) is 3.29. The van der Waals surface area contributed by atoms with E-state index >= 15 is 0 Å².